The zero-order chi connectivity index (χ0) is 13.5. The summed E-state index contributed by atoms with van der Waals surface area (Å²) in [5.41, 5.74) is 5.32. The maximum absolute atomic E-state index is 11.7. The Balaban J connectivity index is 4.08. The first-order valence-electron chi connectivity index (χ1n) is 6.70. The molecule has 0 bridgehead atoms. The Kier molecular flexibility index (Phi) is 7.44. The monoisotopic (exact) mass is 243 g/mol. The van der Waals surface area contributed by atoms with Crippen LogP contribution in [0.3, 0.4) is 0 Å². The van der Waals surface area contributed by atoms with Crippen molar-refractivity contribution in [2.75, 3.05) is 6.54 Å². The smallest absolute Gasteiger partial charge is 0.306 e. The Morgan fingerprint density at radius 3 is 2.35 bits per heavy atom. The number of carbonyl (C=O) groups excluding carboxylic acids is 1. The summed E-state index contributed by atoms with van der Waals surface area (Å²) in [5, 5.41) is 0. The van der Waals surface area contributed by atoms with Gasteiger partial charge < -0.3 is 10.5 Å². The van der Waals surface area contributed by atoms with Gasteiger partial charge in [-0.25, -0.2) is 0 Å². The first kappa shape index (κ1) is 16.4. The van der Waals surface area contributed by atoms with Crippen LogP contribution in [0.15, 0.2) is 0 Å². The number of esters is 1. The third kappa shape index (κ3) is 9.16. The molecule has 0 fully saturated rings. The first-order chi connectivity index (χ1) is 7.78. The zero-order valence-electron chi connectivity index (χ0n) is 12.1. The van der Waals surface area contributed by atoms with E-state index in [1.807, 2.05) is 20.8 Å². The van der Waals surface area contributed by atoms with E-state index in [1.165, 1.54) is 12.8 Å². The highest BCUT2D eigenvalue weighted by molar-refractivity contribution is 5.70. The van der Waals surface area contributed by atoms with E-state index in [9.17, 15) is 4.79 Å². The van der Waals surface area contributed by atoms with Crippen molar-refractivity contribution in [3.63, 3.8) is 0 Å². The fourth-order valence-corrected chi connectivity index (χ4v) is 2.06. The Hall–Kier alpha value is -0.570. The van der Waals surface area contributed by atoms with E-state index < -0.39 is 5.60 Å². The number of ether oxygens (including phenoxy) is 1. The van der Waals surface area contributed by atoms with Gasteiger partial charge in [0.05, 0.1) is 0 Å². The van der Waals surface area contributed by atoms with Gasteiger partial charge in [0, 0.05) is 6.42 Å². The van der Waals surface area contributed by atoms with Crippen molar-refractivity contribution >= 4 is 5.97 Å². The third-order valence-electron chi connectivity index (χ3n) is 2.73. The minimum absolute atomic E-state index is 0.128. The van der Waals surface area contributed by atoms with Crippen molar-refractivity contribution in [3.8, 4) is 0 Å². The van der Waals surface area contributed by atoms with E-state index >= 15 is 0 Å². The maximum atomic E-state index is 11.7. The second kappa shape index (κ2) is 7.70. The molecule has 0 spiro atoms. The molecule has 0 radical (unpaired) electrons. The third-order valence-corrected chi connectivity index (χ3v) is 2.73. The van der Waals surface area contributed by atoms with Crippen LogP contribution in [0.1, 0.15) is 60.3 Å². The molecular weight excluding hydrogens is 214 g/mol. The molecule has 0 saturated carbocycles. The Bertz CT molecular complexity index is 221. The molecule has 0 aliphatic carbocycles. The predicted molar refractivity (Wildman–Crippen MR) is 71.7 cm³/mol. The van der Waals surface area contributed by atoms with Gasteiger partial charge in [0.2, 0.25) is 0 Å². The second-order valence-electron chi connectivity index (χ2n) is 6.02. The van der Waals surface area contributed by atoms with Crippen molar-refractivity contribution in [2.24, 2.45) is 17.6 Å². The molecule has 0 aromatic carbocycles. The fraction of sp³-hybridized carbons (Fsp3) is 0.929. The molecule has 3 heteroatoms. The molecule has 0 aliphatic heterocycles. The molecular formula is C14H29NO2. The average Bonchev–Trinajstić information content (AvgIpc) is 2.13. The molecule has 0 rings (SSSR count). The Morgan fingerprint density at radius 1 is 1.35 bits per heavy atom. The Labute approximate surface area is 106 Å². The average molecular weight is 243 g/mol. The highest BCUT2D eigenvalue weighted by atomic mass is 16.6. The van der Waals surface area contributed by atoms with Gasteiger partial charge in [0.1, 0.15) is 5.60 Å². The van der Waals surface area contributed by atoms with Gasteiger partial charge in [-0.05, 0) is 45.6 Å². The first-order valence-corrected chi connectivity index (χ1v) is 6.70. The predicted octanol–water partition coefficient (Wildman–Crippen LogP) is 3.12. The van der Waals surface area contributed by atoms with Crippen LogP contribution in [0.2, 0.25) is 0 Å². The molecule has 0 heterocycles. The largest absolute Gasteiger partial charge is 0.460 e. The second-order valence-corrected chi connectivity index (χ2v) is 6.02. The van der Waals surface area contributed by atoms with Crippen LogP contribution < -0.4 is 5.73 Å². The number of rotatable bonds is 7. The van der Waals surface area contributed by atoms with Crippen LogP contribution in [0.4, 0.5) is 0 Å². The zero-order valence-corrected chi connectivity index (χ0v) is 12.1. The van der Waals surface area contributed by atoms with E-state index in [4.69, 9.17) is 10.5 Å². The molecule has 3 nitrogen and oxygen atoms in total. The van der Waals surface area contributed by atoms with Gasteiger partial charge in [-0.1, -0.05) is 26.7 Å². The van der Waals surface area contributed by atoms with Gasteiger partial charge in [-0.15, -0.1) is 0 Å². The molecule has 102 valence electrons. The van der Waals surface area contributed by atoms with Crippen LogP contribution in [0.5, 0.6) is 0 Å². The molecule has 0 aromatic rings. The van der Waals surface area contributed by atoms with Gasteiger partial charge in [-0.3, -0.25) is 4.79 Å². The van der Waals surface area contributed by atoms with Crippen LogP contribution in [0.25, 0.3) is 0 Å². The summed E-state index contributed by atoms with van der Waals surface area (Å²) in [6.45, 7) is 10.6. The van der Waals surface area contributed by atoms with E-state index in [0.717, 1.165) is 6.42 Å². The summed E-state index contributed by atoms with van der Waals surface area (Å²) < 4.78 is 5.32. The minimum atomic E-state index is -0.398. The number of hydrogen-bond acceptors (Lipinski definition) is 3. The Morgan fingerprint density at radius 2 is 1.94 bits per heavy atom. The van der Waals surface area contributed by atoms with Crippen LogP contribution in [0, 0.1) is 11.8 Å². The summed E-state index contributed by atoms with van der Waals surface area (Å²) in [6, 6.07) is 0. The topological polar surface area (TPSA) is 52.3 Å². The number of carbonyl (C=O) groups is 1. The van der Waals surface area contributed by atoms with E-state index in [2.05, 4.69) is 13.8 Å². The van der Waals surface area contributed by atoms with Crippen LogP contribution in [-0.4, -0.2) is 18.1 Å². The molecule has 0 amide bonds. The maximum Gasteiger partial charge on any atom is 0.306 e. The highest BCUT2D eigenvalue weighted by Gasteiger charge is 2.20. The quantitative estimate of drug-likeness (QED) is 0.699. The van der Waals surface area contributed by atoms with Crippen molar-refractivity contribution in [2.45, 2.75) is 65.9 Å². The summed E-state index contributed by atoms with van der Waals surface area (Å²) in [5.74, 6) is 0.763. The standard InChI is InChI=1S/C14H29NO2/c1-6-7-11(2)8-12(10-15)9-13(16)17-14(3,4)5/h11-12H,6-10,15H2,1-5H3. The van der Waals surface area contributed by atoms with E-state index in [1.54, 1.807) is 0 Å². The van der Waals surface area contributed by atoms with Crippen molar-refractivity contribution in [3.05, 3.63) is 0 Å². The van der Waals surface area contributed by atoms with Crippen molar-refractivity contribution in [1.29, 1.82) is 0 Å². The summed E-state index contributed by atoms with van der Waals surface area (Å²) >= 11 is 0. The van der Waals surface area contributed by atoms with Crippen molar-refractivity contribution < 1.29 is 9.53 Å². The van der Waals surface area contributed by atoms with Gasteiger partial charge in [0.15, 0.2) is 0 Å². The lowest BCUT2D eigenvalue weighted by Gasteiger charge is -2.23. The molecule has 17 heavy (non-hydrogen) atoms. The molecule has 2 unspecified atom stereocenters. The number of nitrogens with two attached hydrogens (primary N) is 1. The lowest BCUT2D eigenvalue weighted by atomic mass is 9.90. The molecule has 0 aromatic heterocycles. The minimum Gasteiger partial charge on any atom is -0.460 e. The number of hydrogen-bond donors (Lipinski definition) is 1. The fourth-order valence-electron chi connectivity index (χ4n) is 2.06. The van der Waals surface area contributed by atoms with Crippen LogP contribution in [-0.2, 0) is 9.53 Å². The molecule has 2 N–H and O–H groups in total. The molecule has 2 atom stereocenters. The molecule has 0 aliphatic rings. The van der Waals surface area contributed by atoms with E-state index in [-0.39, 0.29) is 11.9 Å². The summed E-state index contributed by atoms with van der Waals surface area (Å²) in [7, 11) is 0. The van der Waals surface area contributed by atoms with E-state index in [0.29, 0.717) is 18.9 Å². The summed E-state index contributed by atoms with van der Waals surface area (Å²) in [4.78, 5) is 11.7. The van der Waals surface area contributed by atoms with Gasteiger partial charge >= 0.3 is 5.97 Å². The molecule has 0 saturated heterocycles. The van der Waals surface area contributed by atoms with Crippen LogP contribution >= 0.6 is 0 Å². The van der Waals surface area contributed by atoms with Gasteiger partial charge in [-0.2, -0.15) is 0 Å². The van der Waals surface area contributed by atoms with Crippen molar-refractivity contribution in [1.82, 2.24) is 0 Å². The lowest BCUT2D eigenvalue weighted by Crippen LogP contribution is -2.27. The highest BCUT2D eigenvalue weighted by Crippen LogP contribution is 2.20. The lowest BCUT2D eigenvalue weighted by molar-refractivity contribution is -0.156. The normalized spacial score (nSPS) is 15.4. The summed E-state index contributed by atoms with van der Waals surface area (Å²) in [6.07, 6.45) is 3.85. The van der Waals surface area contributed by atoms with Gasteiger partial charge in [0.25, 0.3) is 0 Å². The SMILES string of the molecule is CCCC(C)CC(CN)CC(=O)OC(C)(C)C.